The zero-order valence-corrected chi connectivity index (χ0v) is 32.2. The van der Waals surface area contributed by atoms with Crippen LogP contribution in [0.4, 0.5) is 0 Å². The van der Waals surface area contributed by atoms with Crippen molar-refractivity contribution in [3.05, 3.63) is 218 Å². The van der Waals surface area contributed by atoms with Crippen LogP contribution in [0.15, 0.2) is 218 Å². The van der Waals surface area contributed by atoms with E-state index in [2.05, 4.69) is 228 Å². The van der Waals surface area contributed by atoms with Crippen LogP contribution in [-0.4, -0.2) is 17.2 Å². The minimum Gasteiger partial charge on any atom is -0.309 e. The minimum atomic E-state index is -2.50. The van der Waals surface area contributed by atoms with Gasteiger partial charge < -0.3 is 9.13 Å². The van der Waals surface area contributed by atoms with E-state index in [1.165, 1.54) is 92.3 Å². The molecule has 266 valence electrons. The van der Waals surface area contributed by atoms with Crippen LogP contribution in [0.25, 0.3) is 77.2 Å². The van der Waals surface area contributed by atoms with Crippen molar-refractivity contribution in [1.82, 2.24) is 9.13 Å². The van der Waals surface area contributed by atoms with Gasteiger partial charge in [0, 0.05) is 32.9 Å². The summed E-state index contributed by atoms with van der Waals surface area (Å²) < 4.78 is 4.82. The summed E-state index contributed by atoms with van der Waals surface area (Å²) in [5.74, 6) is 0. The maximum absolute atomic E-state index is 2.50. The van der Waals surface area contributed by atoms with Crippen LogP contribution in [0.3, 0.4) is 0 Å². The van der Waals surface area contributed by atoms with E-state index in [1.807, 2.05) is 0 Å². The van der Waals surface area contributed by atoms with Gasteiger partial charge in [-0.05, 0) is 91.5 Å². The van der Waals surface area contributed by atoms with Gasteiger partial charge in [0.15, 0.2) is 8.07 Å². The number of hydrogen-bond acceptors (Lipinski definition) is 0. The summed E-state index contributed by atoms with van der Waals surface area (Å²) in [5.41, 5.74) is 12.4. The van der Waals surface area contributed by atoms with Gasteiger partial charge in [0.1, 0.15) is 0 Å². The smallest absolute Gasteiger partial charge is 0.180 e. The van der Waals surface area contributed by atoms with Crippen LogP contribution in [0.5, 0.6) is 0 Å². The number of para-hydroxylation sites is 3. The Hall–Kier alpha value is -7.20. The van der Waals surface area contributed by atoms with E-state index >= 15 is 0 Å². The Balaban J connectivity index is 0.950. The van der Waals surface area contributed by atoms with E-state index in [1.54, 1.807) is 0 Å². The molecule has 3 heterocycles. The lowest BCUT2D eigenvalue weighted by Crippen LogP contribution is -2.72. The average Bonchev–Trinajstić information content (AvgIpc) is 3.91. The molecule has 1 aliphatic rings. The van der Waals surface area contributed by atoms with Gasteiger partial charge in [-0.1, -0.05) is 170 Å². The Morgan fingerprint density at radius 1 is 0.281 bits per heavy atom. The highest BCUT2D eigenvalue weighted by Crippen LogP contribution is 2.37. The second-order valence-electron chi connectivity index (χ2n) is 15.3. The van der Waals surface area contributed by atoms with Crippen LogP contribution in [0.2, 0.25) is 0 Å². The van der Waals surface area contributed by atoms with E-state index in [0.29, 0.717) is 0 Å². The lowest BCUT2D eigenvalue weighted by Gasteiger charge is -2.31. The van der Waals surface area contributed by atoms with Gasteiger partial charge in [-0.2, -0.15) is 0 Å². The minimum absolute atomic E-state index is 1.15. The van der Waals surface area contributed by atoms with Crippen LogP contribution in [0, 0.1) is 0 Å². The molecule has 0 atom stereocenters. The van der Waals surface area contributed by atoms with Crippen molar-refractivity contribution < 1.29 is 0 Å². The summed E-state index contributed by atoms with van der Waals surface area (Å²) in [6, 6.07) is 81.2. The topological polar surface area (TPSA) is 9.86 Å². The standard InChI is InChI=1S/C54H36N2Si/c1-2-14-41(15-3-1)57(53-24-12-7-19-46(53)47-20-8-13-25-54(47)57)42-33-28-38(29-34-42)37-26-30-39(31-27-37)55-51-23-11-6-18-45(51)48-36-40(32-35-52(48)55)56-49-21-9-4-16-43(49)44-17-5-10-22-50(44)56/h1-36H. The fourth-order valence-electron chi connectivity index (χ4n) is 10.0. The Labute approximate surface area is 332 Å². The Morgan fingerprint density at radius 3 is 1.26 bits per heavy atom. The molecule has 9 aromatic carbocycles. The second-order valence-corrected chi connectivity index (χ2v) is 19.0. The third-order valence-corrected chi connectivity index (χ3v) is 17.3. The van der Waals surface area contributed by atoms with E-state index in [-0.39, 0.29) is 0 Å². The largest absolute Gasteiger partial charge is 0.309 e. The molecule has 2 aromatic heterocycles. The van der Waals surface area contributed by atoms with Crippen molar-refractivity contribution in [1.29, 1.82) is 0 Å². The highest BCUT2D eigenvalue weighted by Gasteiger charge is 2.48. The maximum atomic E-state index is 2.41. The molecule has 0 saturated carbocycles. The molecule has 0 saturated heterocycles. The number of fused-ring (bicyclic) bond motifs is 9. The fourth-order valence-corrected chi connectivity index (χ4v) is 15.2. The van der Waals surface area contributed by atoms with E-state index in [4.69, 9.17) is 0 Å². The number of benzene rings is 9. The number of hydrogen-bond donors (Lipinski definition) is 0. The first kappa shape index (κ1) is 32.1. The molecule has 0 spiro atoms. The average molecular weight is 741 g/mol. The lowest BCUT2D eigenvalue weighted by atomic mass is 10.1. The first-order chi connectivity index (χ1) is 28.3. The fraction of sp³-hybridized carbons (Fsp3) is 0. The Kier molecular flexibility index (Phi) is 6.98. The Bertz CT molecular complexity index is 3240. The molecule has 12 rings (SSSR count). The van der Waals surface area contributed by atoms with Crippen molar-refractivity contribution in [2.45, 2.75) is 0 Å². The van der Waals surface area contributed by atoms with Crippen LogP contribution < -0.4 is 20.7 Å². The van der Waals surface area contributed by atoms with Gasteiger partial charge in [-0.3, -0.25) is 0 Å². The number of aromatic nitrogens is 2. The highest BCUT2D eigenvalue weighted by molar-refractivity contribution is 7.22. The molecule has 0 amide bonds. The van der Waals surface area contributed by atoms with Crippen molar-refractivity contribution in [3.8, 4) is 33.6 Å². The van der Waals surface area contributed by atoms with E-state index in [9.17, 15) is 0 Å². The lowest BCUT2D eigenvalue weighted by molar-refractivity contribution is 1.17. The van der Waals surface area contributed by atoms with Gasteiger partial charge >= 0.3 is 0 Å². The summed E-state index contributed by atoms with van der Waals surface area (Å²) in [6.07, 6.45) is 0. The summed E-state index contributed by atoms with van der Waals surface area (Å²) in [5, 5.41) is 10.8. The van der Waals surface area contributed by atoms with Crippen molar-refractivity contribution in [2.75, 3.05) is 0 Å². The molecular formula is C54H36N2Si. The summed E-state index contributed by atoms with van der Waals surface area (Å²) in [6.45, 7) is 0. The number of nitrogens with zero attached hydrogens (tertiary/aromatic N) is 2. The molecule has 57 heavy (non-hydrogen) atoms. The predicted octanol–water partition coefficient (Wildman–Crippen LogP) is 10.9. The first-order valence-corrected chi connectivity index (χ1v) is 21.8. The van der Waals surface area contributed by atoms with Gasteiger partial charge in [0.25, 0.3) is 0 Å². The van der Waals surface area contributed by atoms with Gasteiger partial charge in [0.05, 0.1) is 22.1 Å². The van der Waals surface area contributed by atoms with Crippen molar-refractivity contribution in [3.63, 3.8) is 0 Å². The normalized spacial score (nSPS) is 13.1. The molecule has 0 aliphatic carbocycles. The predicted molar refractivity (Wildman–Crippen MR) is 243 cm³/mol. The summed E-state index contributed by atoms with van der Waals surface area (Å²) in [4.78, 5) is 0. The van der Waals surface area contributed by atoms with Crippen molar-refractivity contribution in [2.24, 2.45) is 0 Å². The number of rotatable bonds is 5. The molecule has 0 bridgehead atoms. The quantitative estimate of drug-likeness (QED) is 0.156. The van der Waals surface area contributed by atoms with Crippen LogP contribution >= 0.6 is 0 Å². The zero-order valence-electron chi connectivity index (χ0n) is 31.2. The third kappa shape index (κ3) is 4.58. The molecular weight excluding hydrogens is 705 g/mol. The summed E-state index contributed by atoms with van der Waals surface area (Å²) >= 11 is 0. The third-order valence-electron chi connectivity index (χ3n) is 12.4. The molecule has 11 aromatic rings. The monoisotopic (exact) mass is 740 g/mol. The SMILES string of the molecule is c1ccc([Si]2(c3ccc(-c4ccc(-n5c6ccccc6c6cc(-n7c8ccccc8c8ccccc87)ccc65)cc4)cc3)c3ccccc3-c3ccccc32)cc1. The zero-order chi connectivity index (χ0) is 37.5. The maximum Gasteiger partial charge on any atom is 0.180 e. The molecule has 1 aliphatic heterocycles. The van der Waals surface area contributed by atoms with Crippen LogP contribution in [-0.2, 0) is 0 Å². The summed E-state index contributed by atoms with van der Waals surface area (Å²) in [7, 11) is -2.50. The highest BCUT2D eigenvalue weighted by atomic mass is 28.3. The van der Waals surface area contributed by atoms with Gasteiger partial charge in [-0.15, -0.1) is 0 Å². The molecule has 0 fully saturated rings. The molecule has 2 nitrogen and oxygen atoms in total. The van der Waals surface area contributed by atoms with E-state index < -0.39 is 8.07 Å². The van der Waals surface area contributed by atoms with Crippen molar-refractivity contribution >= 4 is 72.4 Å². The Morgan fingerprint density at radius 2 is 0.684 bits per heavy atom. The molecule has 0 N–H and O–H groups in total. The molecule has 3 heteroatoms. The van der Waals surface area contributed by atoms with Crippen LogP contribution in [0.1, 0.15) is 0 Å². The van der Waals surface area contributed by atoms with Gasteiger partial charge in [0.2, 0.25) is 0 Å². The van der Waals surface area contributed by atoms with E-state index in [0.717, 1.165) is 5.69 Å². The molecule has 0 radical (unpaired) electrons. The second kappa shape index (κ2) is 12.4. The van der Waals surface area contributed by atoms with Gasteiger partial charge in [-0.25, -0.2) is 0 Å². The molecule has 0 unspecified atom stereocenters. The first-order valence-electron chi connectivity index (χ1n) is 19.8.